The zero-order valence-corrected chi connectivity index (χ0v) is 15.9. The van der Waals surface area contributed by atoms with Crippen LogP contribution in [0.3, 0.4) is 0 Å². The van der Waals surface area contributed by atoms with Gasteiger partial charge in [0.25, 0.3) is 0 Å². The van der Waals surface area contributed by atoms with Crippen molar-refractivity contribution in [3.63, 3.8) is 0 Å². The predicted molar refractivity (Wildman–Crippen MR) is 110 cm³/mol. The molecule has 8 heteroatoms. The summed E-state index contributed by atoms with van der Waals surface area (Å²) in [6, 6.07) is 13.9. The second-order valence-electron chi connectivity index (χ2n) is 6.96. The number of nitrogens with one attached hydrogen (secondary N) is 1. The van der Waals surface area contributed by atoms with Gasteiger partial charge in [0.2, 0.25) is 0 Å². The zero-order valence-electron chi connectivity index (χ0n) is 15.9. The smallest absolute Gasteiger partial charge is 0.160 e. The molecule has 0 aliphatic carbocycles. The molecule has 3 N–H and O–H groups in total. The molecule has 0 atom stereocenters. The van der Waals surface area contributed by atoms with E-state index < -0.39 is 11.6 Å². The normalized spacial score (nSPS) is 14.8. The van der Waals surface area contributed by atoms with Crippen LogP contribution in [0.1, 0.15) is 5.56 Å². The Labute approximate surface area is 168 Å². The fraction of sp³-hybridized carbons (Fsp3) is 0.238. The van der Waals surface area contributed by atoms with Crippen LogP contribution in [-0.2, 0) is 6.54 Å². The van der Waals surface area contributed by atoms with Gasteiger partial charge >= 0.3 is 0 Å². The van der Waals surface area contributed by atoms with E-state index in [2.05, 4.69) is 49.4 Å². The van der Waals surface area contributed by atoms with Crippen LogP contribution in [0.4, 0.5) is 31.8 Å². The van der Waals surface area contributed by atoms with Crippen LogP contribution in [0.5, 0.6) is 0 Å². The van der Waals surface area contributed by atoms with E-state index in [1.807, 2.05) is 6.07 Å². The molecule has 0 spiro atoms. The lowest BCUT2D eigenvalue weighted by molar-refractivity contribution is 0.249. The van der Waals surface area contributed by atoms with Crippen molar-refractivity contribution in [1.82, 2.24) is 14.9 Å². The molecule has 2 aromatic carbocycles. The number of aromatic nitrogens is 2. The first-order valence-corrected chi connectivity index (χ1v) is 9.44. The van der Waals surface area contributed by atoms with Crippen LogP contribution in [0.25, 0.3) is 0 Å². The SMILES string of the molecule is Nc1c(Nc2ccc(F)c(F)c2)ncnc1N1CCN(Cc2ccccc2)CC1. The summed E-state index contributed by atoms with van der Waals surface area (Å²) in [7, 11) is 0. The van der Waals surface area contributed by atoms with Gasteiger partial charge in [0.15, 0.2) is 23.3 Å². The third-order valence-corrected chi connectivity index (χ3v) is 4.97. The lowest BCUT2D eigenvalue weighted by Crippen LogP contribution is -2.46. The first-order chi connectivity index (χ1) is 14.1. The van der Waals surface area contributed by atoms with Gasteiger partial charge < -0.3 is 16.0 Å². The summed E-state index contributed by atoms with van der Waals surface area (Å²) in [5, 5.41) is 2.94. The van der Waals surface area contributed by atoms with Crippen LogP contribution in [0.15, 0.2) is 54.9 Å². The average molecular weight is 396 g/mol. The number of nitrogen functional groups attached to an aromatic ring is 1. The summed E-state index contributed by atoms with van der Waals surface area (Å²) >= 11 is 0. The van der Waals surface area contributed by atoms with Gasteiger partial charge in [0, 0.05) is 44.5 Å². The van der Waals surface area contributed by atoms with Gasteiger partial charge in [-0.2, -0.15) is 0 Å². The Morgan fingerprint density at radius 2 is 1.69 bits per heavy atom. The molecular weight excluding hydrogens is 374 g/mol. The molecule has 29 heavy (non-hydrogen) atoms. The summed E-state index contributed by atoms with van der Waals surface area (Å²) in [5.74, 6) is -0.824. The fourth-order valence-corrected chi connectivity index (χ4v) is 3.41. The third-order valence-electron chi connectivity index (χ3n) is 4.97. The van der Waals surface area contributed by atoms with Gasteiger partial charge in [-0.05, 0) is 17.7 Å². The van der Waals surface area contributed by atoms with E-state index in [0.717, 1.165) is 44.9 Å². The van der Waals surface area contributed by atoms with E-state index in [1.165, 1.54) is 18.0 Å². The van der Waals surface area contributed by atoms with Crippen molar-refractivity contribution in [1.29, 1.82) is 0 Å². The highest BCUT2D eigenvalue weighted by Crippen LogP contribution is 2.29. The maximum Gasteiger partial charge on any atom is 0.160 e. The van der Waals surface area contributed by atoms with E-state index in [1.54, 1.807) is 0 Å². The number of anilines is 4. The van der Waals surface area contributed by atoms with Crippen molar-refractivity contribution in [2.45, 2.75) is 6.54 Å². The molecule has 0 radical (unpaired) electrons. The Bertz CT molecular complexity index is 974. The summed E-state index contributed by atoms with van der Waals surface area (Å²) in [6.45, 7) is 4.28. The number of hydrogen-bond donors (Lipinski definition) is 2. The predicted octanol–water partition coefficient (Wildman–Crippen LogP) is 3.40. The van der Waals surface area contributed by atoms with Gasteiger partial charge in [-0.1, -0.05) is 30.3 Å². The minimum absolute atomic E-state index is 0.368. The second-order valence-corrected chi connectivity index (χ2v) is 6.96. The minimum atomic E-state index is -0.933. The molecular formula is C21H22F2N6. The van der Waals surface area contributed by atoms with Crippen LogP contribution in [-0.4, -0.2) is 41.0 Å². The monoisotopic (exact) mass is 396 g/mol. The van der Waals surface area contributed by atoms with Gasteiger partial charge in [0.05, 0.1) is 0 Å². The number of nitrogens with zero attached hydrogens (tertiary/aromatic N) is 4. The molecule has 0 unspecified atom stereocenters. The number of piperazine rings is 1. The highest BCUT2D eigenvalue weighted by atomic mass is 19.2. The average Bonchev–Trinajstić information content (AvgIpc) is 2.74. The maximum atomic E-state index is 13.5. The Morgan fingerprint density at radius 1 is 0.931 bits per heavy atom. The number of nitrogens with two attached hydrogens (primary N) is 1. The van der Waals surface area contributed by atoms with E-state index in [-0.39, 0.29) is 0 Å². The molecule has 3 aromatic rings. The molecule has 0 bridgehead atoms. The van der Waals surface area contributed by atoms with E-state index in [0.29, 0.717) is 23.0 Å². The molecule has 150 valence electrons. The minimum Gasteiger partial charge on any atom is -0.393 e. The number of benzene rings is 2. The Morgan fingerprint density at radius 3 is 2.41 bits per heavy atom. The highest BCUT2D eigenvalue weighted by molar-refractivity contribution is 5.78. The Balaban J connectivity index is 1.43. The third kappa shape index (κ3) is 4.43. The Kier molecular flexibility index (Phi) is 5.53. The summed E-state index contributed by atoms with van der Waals surface area (Å²) < 4.78 is 26.6. The van der Waals surface area contributed by atoms with Crippen LogP contribution >= 0.6 is 0 Å². The largest absolute Gasteiger partial charge is 0.393 e. The van der Waals surface area contributed by atoms with Gasteiger partial charge in [-0.15, -0.1) is 0 Å². The summed E-state index contributed by atoms with van der Waals surface area (Å²) in [5.41, 5.74) is 8.32. The van der Waals surface area contributed by atoms with Crippen molar-refractivity contribution in [3.8, 4) is 0 Å². The second kappa shape index (κ2) is 8.40. The number of hydrogen-bond acceptors (Lipinski definition) is 6. The van der Waals surface area contributed by atoms with Crippen molar-refractivity contribution in [2.75, 3.05) is 42.1 Å². The molecule has 1 aliphatic heterocycles. The molecule has 2 heterocycles. The van der Waals surface area contributed by atoms with Gasteiger partial charge in [0.1, 0.15) is 12.0 Å². The van der Waals surface area contributed by atoms with Crippen molar-refractivity contribution in [2.24, 2.45) is 0 Å². The topological polar surface area (TPSA) is 70.3 Å². The van der Waals surface area contributed by atoms with Crippen LogP contribution < -0.4 is 16.0 Å². The molecule has 6 nitrogen and oxygen atoms in total. The Hall–Kier alpha value is -3.26. The first-order valence-electron chi connectivity index (χ1n) is 9.44. The van der Waals surface area contributed by atoms with Crippen molar-refractivity contribution < 1.29 is 8.78 Å². The molecule has 1 aliphatic rings. The van der Waals surface area contributed by atoms with Gasteiger partial charge in [-0.3, -0.25) is 4.90 Å². The van der Waals surface area contributed by atoms with Crippen LogP contribution in [0, 0.1) is 11.6 Å². The first kappa shape index (κ1) is 19.1. The molecule has 0 saturated carbocycles. The highest BCUT2D eigenvalue weighted by Gasteiger charge is 2.21. The molecule has 0 amide bonds. The summed E-state index contributed by atoms with van der Waals surface area (Å²) in [4.78, 5) is 13.0. The summed E-state index contributed by atoms with van der Waals surface area (Å²) in [6.07, 6.45) is 1.42. The van der Waals surface area contributed by atoms with Crippen molar-refractivity contribution >= 4 is 23.0 Å². The fourth-order valence-electron chi connectivity index (χ4n) is 3.41. The van der Waals surface area contributed by atoms with Crippen molar-refractivity contribution in [3.05, 3.63) is 72.1 Å². The number of rotatable bonds is 5. The standard InChI is InChI=1S/C21H22F2N6/c22-17-7-6-16(12-18(17)23)27-20-19(24)21(26-14-25-20)29-10-8-28(9-11-29)13-15-4-2-1-3-5-15/h1-7,12,14H,8-11,13,24H2,(H,25,26,27). The zero-order chi connectivity index (χ0) is 20.2. The molecule has 1 saturated heterocycles. The van der Waals surface area contributed by atoms with Gasteiger partial charge in [-0.25, -0.2) is 18.7 Å². The van der Waals surface area contributed by atoms with Crippen LogP contribution in [0.2, 0.25) is 0 Å². The number of halogens is 2. The molecule has 4 rings (SSSR count). The lowest BCUT2D eigenvalue weighted by Gasteiger charge is -2.36. The quantitative estimate of drug-likeness (QED) is 0.689. The van der Waals surface area contributed by atoms with E-state index in [9.17, 15) is 8.78 Å². The molecule has 1 fully saturated rings. The maximum absolute atomic E-state index is 13.5. The van der Waals surface area contributed by atoms with E-state index >= 15 is 0 Å². The lowest BCUT2D eigenvalue weighted by atomic mass is 10.2. The van der Waals surface area contributed by atoms with E-state index in [4.69, 9.17) is 5.73 Å². The molecule has 1 aromatic heterocycles.